The standard InChI is InChI=1S/C10H17NO2/c12-8-3-1-2-6-11-7-4-5-10(11)9-13/h4-5,7,12-13H,1-3,6,8-9H2. The lowest BCUT2D eigenvalue weighted by Crippen LogP contribution is -2.01. The zero-order valence-corrected chi connectivity index (χ0v) is 7.82. The fraction of sp³-hybridized carbons (Fsp3) is 0.600. The number of rotatable bonds is 6. The summed E-state index contributed by atoms with van der Waals surface area (Å²) in [6.45, 7) is 1.31. The van der Waals surface area contributed by atoms with Crippen LogP contribution in [0.1, 0.15) is 25.0 Å². The van der Waals surface area contributed by atoms with Crippen LogP contribution in [0.4, 0.5) is 0 Å². The molecule has 1 rings (SSSR count). The third kappa shape index (κ3) is 3.20. The van der Waals surface area contributed by atoms with E-state index in [2.05, 4.69) is 4.57 Å². The number of aliphatic hydroxyl groups is 2. The van der Waals surface area contributed by atoms with E-state index in [-0.39, 0.29) is 13.2 Å². The molecular weight excluding hydrogens is 166 g/mol. The Labute approximate surface area is 78.6 Å². The molecule has 1 aromatic rings. The molecule has 13 heavy (non-hydrogen) atoms. The fourth-order valence-corrected chi connectivity index (χ4v) is 1.38. The fourth-order valence-electron chi connectivity index (χ4n) is 1.38. The summed E-state index contributed by atoms with van der Waals surface area (Å²) in [5.74, 6) is 0. The van der Waals surface area contributed by atoms with E-state index in [0.717, 1.165) is 31.5 Å². The van der Waals surface area contributed by atoms with Gasteiger partial charge in [0.15, 0.2) is 0 Å². The summed E-state index contributed by atoms with van der Waals surface area (Å²) in [5.41, 5.74) is 0.962. The Balaban J connectivity index is 2.27. The first-order valence-electron chi connectivity index (χ1n) is 4.74. The zero-order chi connectivity index (χ0) is 9.52. The molecule has 0 aliphatic heterocycles. The smallest absolute Gasteiger partial charge is 0.0832 e. The third-order valence-electron chi connectivity index (χ3n) is 2.14. The first-order chi connectivity index (χ1) is 6.38. The molecule has 0 atom stereocenters. The second kappa shape index (κ2) is 5.78. The molecule has 0 unspecified atom stereocenters. The lowest BCUT2D eigenvalue weighted by molar-refractivity contribution is 0.267. The molecule has 3 heteroatoms. The molecule has 0 aliphatic rings. The van der Waals surface area contributed by atoms with E-state index in [4.69, 9.17) is 10.2 Å². The SMILES string of the molecule is OCCCCCn1cccc1CO. The van der Waals surface area contributed by atoms with E-state index in [1.807, 2.05) is 18.3 Å². The Hall–Kier alpha value is -0.800. The molecule has 1 aromatic heterocycles. The molecule has 3 nitrogen and oxygen atoms in total. The van der Waals surface area contributed by atoms with Crippen LogP contribution in [0, 0.1) is 0 Å². The number of nitrogens with zero attached hydrogens (tertiary/aromatic N) is 1. The van der Waals surface area contributed by atoms with Crippen LogP contribution in [0.25, 0.3) is 0 Å². The quantitative estimate of drug-likeness (QED) is 0.650. The first kappa shape index (κ1) is 10.3. The highest BCUT2D eigenvalue weighted by molar-refractivity contribution is 5.05. The molecule has 0 spiro atoms. The van der Waals surface area contributed by atoms with E-state index < -0.39 is 0 Å². The molecule has 0 fully saturated rings. The highest BCUT2D eigenvalue weighted by Crippen LogP contribution is 2.05. The van der Waals surface area contributed by atoms with Gasteiger partial charge in [-0.05, 0) is 31.4 Å². The second-order valence-corrected chi connectivity index (χ2v) is 3.14. The Morgan fingerprint density at radius 1 is 1.15 bits per heavy atom. The van der Waals surface area contributed by atoms with Crippen LogP contribution in [-0.2, 0) is 13.2 Å². The Morgan fingerprint density at radius 3 is 2.69 bits per heavy atom. The minimum absolute atomic E-state index is 0.104. The summed E-state index contributed by atoms with van der Waals surface area (Å²) >= 11 is 0. The van der Waals surface area contributed by atoms with Gasteiger partial charge < -0.3 is 14.8 Å². The third-order valence-corrected chi connectivity index (χ3v) is 2.14. The molecule has 0 aromatic carbocycles. The van der Waals surface area contributed by atoms with Crippen molar-refractivity contribution < 1.29 is 10.2 Å². The molecule has 0 bridgehead atoms. The molecular formula is C10H17NO2. The van der Waals surface area contributed by atoms with Gasteiger partial charge in [0, 0.05) is 25.0 Å². The zero-order valence-electron chi connectivity index (χ0n) is 7.82. The largest absolute Gasteiger partial charge is 0.396 e. The van der Waals surface area contributed by atoms with Gasteiger partial charge >= 0.3 is 0 Å². The topological polar surface area (TPSA) is 45.4 Å². The maximum Gasteiger partial charge on any atom is 0.0832 e. The van der Waals surface area contributed by atoms with Crippen molar-refractivity contribution >= 4 is 0 Å². The van der Waals surface area contributed by atoms with Gasteiger partial charge in [0.25, 0.3) is 0 Å². The normalized spacial score (nSPS) is 10.6. The van der Waals surface area contributed by atoms with Crippen molar-refractivity contribution in [2.75, 3.05) is 6.61 Å². The van der Waals surface area contributed by atoms with Gasteiger partial charge in [-0.2, -0.15) is 0 Å². The van der Waals surface area contributed by atoms with Gasteiger partial charge in [0.05, 0.1) is 6.61 Å². The molecule has 0 radical (unpaired) electrons. The van der Waals surface area contributed by atoms with Crippen molar-refractivity contribution in [1.29, 1.82) is 0 Å². The highest BCUT2D eigenvalue weighted by atomic mass is 16.3. The van der Waals surface area contributed by atoms with Crippen molar-refractivity contribution in [2.24, 2.45) is 0 Å². The molecule has 0 saturated carbocycles. The van der Waals surface area contributed by atoms with Gasteiger partial charge in [-0.25, -0.2) is 0 Å². The van der Waals surface area contributed by atoms with Crippen molar-refractivity contribution in [3.63, 3.8) is 0 Å². The Bertz CT molecular complexity index is 233. The van der Waals surface area contributed by atoms with E-state index in [9.17, 15) is 0 Å². The van der Waals surface area contributed by atoms with Crippen LogP contribution < -0.4 is 0 Å². The van der Waals surface area contributed by atoms with Crippen molar-refractivity contribution in [3.05, 3.63) is 24.0 Å². The van der Waals surface area contributed by atoms with Crippen molar-refractivity contribution in [3.8, 4) is 0 Å². The van der Waals surface area contributed by atoms with Crippen LogP contribution >= 0.6 is 0 Å². The van der Waals surface area contributed by atoms with E-state index in [1.54, 1.807) is 0 Å². The summed E-state index contributed by atoms with van der Waals surface area (Å²) in [7, 11) is 0. The van der Waals surface area contributed by atoms with Gasteiger partial charge in [0.1, 0.15) is 0 Å². The second-order valence-electron chi connectivity index (χ2n) is 3.14. The minimum Gasteiger partial charge on any atom is -0.396 e. The molecule has 0 aliphatic carbocycles. The van der Waals surface area contributed by atoms with E-state index >= 15 is 0 Å². The molecule has 0 amide bonds. The van der Waals surface area contributed by atoms with Crippen molar-refractivity contribution in [1.82, 2.24) is 4.57 Å². The molecule has 1 heterocycles. The number of hydrogen-bond donors (Lipinski definition) is 2. The number of aromatic nitrogens is 1. The number of unbranched alkanes of at least 4 members (excludes halogenated alkanes) is 2. The van der Waals surface area contributed by atoms with E-state index in [0.29, 0.717) is 0 Å². The predicted octanol–water partition coefficient (Wildman–Crippen LogP) is 1.14. The van der Waals surface area contributed by atoms with Crippen molar-refractivity contribution in [2.45, 2.75) is 32.4 Å². The summed E-state index contributed by atoms with van der Waals surface area (Å²) in [6.07, 6.45) is 4.95. The maximum absolute atomic E-state index is 8.95. The van der Waals surface area contributed by atoms with Crippen LogP contribution in [0.2, 0.25) is 0 Å². The predicted molar refractivity (Wildman–Crippen MR) is 51.3 cm³/mol. The summed E-state index contributed by atoms with van der Waals surface area (Å²) in [6, 6.07) is 3.86. The summed E-state index contributed by atoms with van der Waals surface area (Å²) < 4.78 is 2.05. The van der Waals surface area contributed by atoms with Crippen LogP contribution in [0.3, 0.4) is 0 Å². The minimum atomic E-state index is 0.104. The lowest BCUT2D eigenvalue weighted by atomic mass is 10.2. The molecule has 2 N–H and O–H groups in total. The molecule has 74 valence electrons. The van der Waals surface area contributed by atoms with Gasteiger partial charge in [-0.3, -0.25) is 0 Å². The lowest BCUT2D eigenvalue weighted by Gasteiger charge is -2.06. The Kier molecular flexibility index (Phi) is 4.57. The highest BCUT2D eigenvalue weighted by Gasteiger charge is 1.97. The van der Waals surface area contributed by atoms with E-state index in [1.165, 1.54) is 0 Å². The maximum atomic E-state index is 8.95. The monoisotopic (exact) mass is 183 g/mol. The van der Waals surface area contributed by atoms with Gasteiger partial charge in [-0.1, -0.05) is 0 Å². The number of hydrogen-bond acceptors (Lipinski definition) is 2. The average Bonchev–Trinajstić information content (AvgIpc) is 2.60. The average molecular weight is 183 g/mol. The van der Waals surface area contributed by atoms with Gasteiger partial charge in [0.2, 0.25) is 0 Å². The molecule has 0 saturated heterocycles. The first-order valence-corrected chi connectivity index (χ1v) is 4.74. The summed E-state index contributed by atoms with van der Waals surface area (Å²) in [5, 5.41) is 17.5. The van der Waals surface area contributed by atoms with Crippen LogP contribution in [0.5, 0.6) is 0 Å². The number of aliphatic hydroxyl groups excluding tert-OH is 2. The van der Waals surface area contributed by atoms with Crippen LogP contribution in [0.15, 0.2) is 18.3 Å². The number of aryl methyl sites for hydroxylation is 1. The Morgan fingerprint density at radius 2 is 2.00 bits per heavy atom. The van der Waals surface area contributed by atoms with Gasteiger partial charge in [-0.15, -0.1) is 0 Å². The van der Waals surface area contributed by atoms with Crippen LogP contribution in [-0.4, -0.2) is 21.4 Å². The summed E-state index contributed by atoms with van der Waals surface area (Å²) in [4.78, 5) is 0.